The van der Waals surface area contributed by atoms with E-state index in [0.717, 1.165) is 18.4 Å². The SMILES string of the molecule is N[C@H](CCc1ccccc1)c1nc(-c2ccccc2Cl)no1. The Kier molecular flexibility index (Phi) is 4.51. The van der Waals surface area contributed by atoms with Gasteiger partial charge in [0.25, 0.3) is 0 Å². The summed E-state index contributed by atoms with van der Waals surface area (Å²) in [5.41, 5.74) is 8.13. The van der Waals surface area contributed by atoms with Crippen LogP contribution in [0.2, 0.25) is 5.02 Å². The Labute approximate surface area is 133 Å². The van der Waals surface area contributed by atoms with Gasteiger partial charge in [-0.3, -0.25) is 0 Å². The molecule has 0 aliphatic carbocycles. The van der Waals surface area contributed by atoms with Crippen molar-refractivity contribution in [2.75, 3.05) is 0 Å². The minimum Gasteiger partial charge on any atom is -0.337 e. The topological polar surface area (TPSA) is 64.9 Å². The molecule has 2 aromatic carbocycles. The van der Waals surface area contributed by atoms with Crippen LogP contribution in [0.4, 0.5) is 0 Å². The maximum Gasteiger partial charge on any atom is 0.243 e. The van der Waals surface area contributed by atoms with Crippen LogP contribution in [0.3, 0.4) is 0 Å². The maximum atomic E-state index is 6.14. The molecule has 0 fully saturated rings. The third-order valence-electron chi connectivity index (χ3n) is 3.46. The second-order valence-corrected chi connectivity index (χ2v) is 5.47. The van der Waals surface area contributed by atoms with E-state index in [0.29, 0.717) is 16.7 Å². The molecule has 1 atom stereocenters. The summed E-state index contributed by atoms with van der Waals surface area (Å²) >= 11 is 6.14. The number of benzene rings is 2. The van der Waals surface area contributed by atoms with Crippen molar-refractivity contribution in [2.24, 2.45) is 5.73 Å². The van der Waals surface area contributed by atoms with Crippen molar-refractivity contribution >= 4 is 11.6 Å². The molecule has 2 N–H and O–H groups in total. The lowest BCUT2D eigenvalue weighted by atomic mass is 10.1. The molecule has 3 rings (SSSR count). The number of nitrogens with zero attached hydrogens (tertiary/aromatic N) is 2. The van der Waals surface area contributed by atoms with Gasteiger partial charge in [-0.15, -0.1) is 0 Å². The average molecular weight is 314 g/mol. The average Bonchev–Trinajstić information content (AvgIpc) is 3.04. The van der Waals surface area contributed by atoms with Crippen LogP contribution in [0.5, 0.6) is 0 Å². The zero-order chi connectivity index (χ0) is 15.4. The zero-order valence-electron chi connectivity index (χ0n) is 11.9. The highest BCUT2D eigenvalue weighted by atomic mass is 35.5. The van der Waals surface area contributed by atoms with Gasteiger partial charge in [0.05, 0.1) is 11.1 Å². The Morgan fingerprint density at radius 3 is 2.55 bits per heavy atom. The normalized spacial score (nSPS) is 12.3. The fraction of sp³-hybridized carbons (Fsp3) is 0.176. The van der Waals surface area contributed by atoms with Crippen molar-refractivity contribution in [1.29, 1.82) is 0 Å². The minimum absolute atomic E-state index is 0.288. The summed E-state index contributed by atoms with van der Waals surface area (Å²) in [5, 5.41) is 4.56. The van der Waals surface area contributed by atoms with Gasteiger partial charge in [0, 0.05) is 5.56 Å². The van der Waals surface area contributed by atoms with Crippen LogP contribution in [-0.2, 0) is 6.42 Å². The summed E-state index contributed by atoms with van der Waals surface area (Å²) in [5.74, 6) is 0.904. The summed E-state index contributed by atoms with van der Waals surface area (Å²) in [6.45, 7) is 0. The first-order chi connectivity index (χ1) is 10.7. The molecule has 5 heteroatoms. The minimum atomic E-state index is -0.288. The van der Waals surface area contributed by atoms with E-state index in [1.54, 1.807) is 6.07 Å². The number of aryl methyl sites for hydroxylation is 1. The van der Waals surface area contributed by atoms with E-state index in [2.05, 4.69) is 22.3 Å². The Morgan fingerprint density at radius 1 is 1.05 bits per heavy atom. The summed E-state index contributed by atoms with van der Waals surface area (Å²) in [4.78, 5) is 4.37. The molecule has 3 aromatic rings. The molecule has 0 aliphatic heterocycles. The van der Waals surface area contributed by atoms with Gasteiger partial charge in [0.1, 0.15) is 0 Å². The first-order valence-corrected chi connectivity index (χ1v) is 7.50. The predicted octanol–water partition coefficient (Wildman–Crippen LogP) is 4.02. The number of aromatic nitrogens is 2. The second kappa shape index (κ2) is 6.73. The molecule has 0 aliphatic rings. The van der Waals surface area contributed by atoms with Crippen molar-refractivity contribution in [2.45, 2.75) is 18.9 Å². The van der Waals surface area contributed by atoms with E-state index in [-0.39, 0.29) is 6.04 Å². The molecule has 0 saturated carbocycles. The van der Waals surface area contributed by atoms with Gasteiger partial charge in [-0.05, 0) is 30.5 Å². The van der Waals surface area contributed by atoms with Gasteiger partial charge in [-0.2, -0.15) is 4.98 Å². The molecule has 0 bridgehead atoms. The van der Waals surface area contributed by atoms with Crippen molar-refractivity contribution in [3.8, 4) is 11.4 Å². The van der Waals surface area contributed by atoms with Crippen LogP contribution in [-0.4, -0.2) is 10.1 Å². The Balaban J connectivity index is 1.69. The van der Waals surface area contributed by atoms with Crippen LogP contribution < -0.4 is 5.73 Å². The molecular formula is C17H16ClN3O. The number of halogens is 1. The molecule has 0 radical (unpaired) electrons. The fourth-order valence-electron chi connectivity index (χ4n) is 2.23. The maximum absolute atomic E-state index is 6.14. The van der Waals surface area contributed by atoms with Gasteiger partial charge in [0.2, 0.25) is 11.7 Å². The Morgan fingerprint density at radius 2 is 1.77 bits per heavy atom. The van der Waals surface area contributed by atoms with Crippen LogP contribution in [0, 0.1) is 0 Å². The van der Waals surface area contributed by atoms with E-state index < -0.39 is 0 Å². The van der Waals surface area contributed by atoms with Gasteiger partial charge >= 0.3 is 0 Å². The second-order valence-electron chi connectivity index (χ2n) is 5.07. The van der Waals surface area contributed by atoms with Crippen molar-refractivity contribution in [1.82, 2.24) is 10.1 Å². The molecule has 1 aromatic heterocycles. The number of hydrogen-bond acceptors (Lipinski definition) is 4. The van der Waals surface area contributed by atoms with Crippen LogP contribution in [0.25, 0.3) is 11.4 Å². The molecule has 22 heavy (non-hydrogen) atoms. The third-order valence-corrected chi connectivity index (χ3v) is 3.79. The molecule has 0 unspecified atom stereocenters. The van der Waals surface area contributed by atoms with Gasteiger partial charge < -0.3 is 10.3 Å². The number of nitrogens with two attached hydrogens (primary N) is 1. The van der Waals surface area contributed by atoms with Crippen LogP contribution in [0.1, 0.15) is 23.9 Å². The Hall–Kier alpha value is -2.17. The summed E-state index contributed by atoms with van der Waals surface area (Å²) < 4.78 is 5.28. The molecule has 0 saturated heterocycles. The predicted molar refractivity (Wildman–Crippen MR) is 86.4 cm³/mol. The number of hydrogen-bond donors (Lipinski definition) is 1. The highest BCUT2D eigenvalue weighted by molar-refractivity contribution is 6.33. The summed E-state index contributed by atoms with van der Waals surface area (Å²) in [6, 6.07) is 17.3. The van der Waals surface area contributed by atoms with E-state index in [9.17, 15) is 0 Å². The molecular weight excluding hydrogens is 298 g/mol. The largest absolute Gasteiger partial charge is 0.337 e. The lowest BCUT2D eigenvalue weighted by Gasteiger charge is -2.06. The van der Waals surface area contributed by atoms with Crippen LogP contribution in [0.15, 0.2) is 59.1 Å². The lowest BCUT2D eigenvalue weighted by Crippen LogP contribution is -2.11. The van der Waals surface area contributed by atoms with Gasteiger partial charge in [-0.25, -0.2) is 0 Å². The number of rotatable bonds is 5. The van der Waals surface area contributed by atoms with Crippen molar-refractivity contribution < 1.29 is 4.52 Å². The fourth-order valence-corrected chi connectivity index (χ4v) is 2.45. The monoisotopic (exact) mass is 313 g/mol. The summed E-state index contributed by atoms with van der Waals surface area (Å²) in [7, 11) is 0. The van der Waals surface area contributed by atoms with E-state index in [1.807, 2.05) is 36.4 Å². The quantitative estimate of drug-likeness (QED) is 0.772. The molecule has 4 nitrogen and oxygen atoms in total. The van der Waals surface area contributed by atoms with E-state index in [4.69, 9.17) is 21.9 Å². The van der Waals surface area contributed by atoms with E-state index >= 15 is 0 Å². The first-order valence-electron chi connectivity index (χ1n) is 7.12. The first kappa shape index (κ1) is 14.8. The highest BCUT2D eigenvalue weighted by Gasteiger charge is 2.16. The van der Waals surface area contributed by atoms with Crippen molar-refractivity contribution in [3.63, 3.8) is 0 Å². The highest BCUT2D eigenvalue weighted by Crippen LogP contribution is 2.26. The zero-order valence-corrected chi connectivity index (χ0v) is 12.7. The van der Waals surface area contributed by atoms with Crippen LogP contribution >= 0.6 is 11.6 Å². The lowest BCUT2D eigenvalue weighted by molar-refractivity contribution is 0.349. The molecule has 1 heterocycles. The van der Waals surface area contributed by atoms with Gasteiger partial charge in [0.15, 0.2) is 0 Å². The Bertz CT molecular complexity index is 742. The smallest absolute Gasteiger partial charge is 0.243 e. The summed E-state index contributed by atoms with van der Waals surface area (Å²) in [6.07, 6.45) is 1.61. The van der Waals surface area contributed by atoms with Crippen molar-refractivity contribution in [3.05, 3.63) is 71.1 Å². The molecule has 0 spiro atoms. The molecule has 112 valence electrons. The van der Waals surface area contributed by atoms with Gasteiger partial charge in [-0.1, -0.05) is 59.2 Å². The van der Waals surface area contributed by atoms with E-state index in [1.165, 1.54) is 5.56 Å². The molecule has 0 amide bonds. The standard InChI is InChI=1S/C17H16ClN3O/c18-14-9-5-4-8-13(14)16-20-17(22-21-16)15(19)11-10-12-6-2-1-3-7-12/h1-9,15H,10-11,19H2/t15-/m1/s1. The third kappa shape index (κ3) is 3.35.